The maximum Gasteiger partial charge on any atom is 0.407 e. The van der Waals surface area contributed by atoms with Crippen molar-refractivity contribution in [3.8, 4) is 11.5 Å². The molecule has 138 valence electrons. The summed E-state index contributed by atoms with van der Waals surface area (Å²) in [5.41, 5.74) is 2.83. The summed E-state index contributed by atoms with van der Waals surface area (Å²) >= 11 is 0. The summed E-state index contributed by atoms with van der Waals surface area (Å²) in [6, 6.07) is 12.6. The lowest BCUT2D eigenvalue weighted by molar-refractivity contribution is 0.139. The molecule has 1 saturated heterocycles. The molecule has 2 aromatic carbocycles. The second-order valence-electron chi connectivity index (χ2n) is 7.44. The number of para-hydroxylation sites is 1. The largest absolute Gasteiger partial charge is 0.504 e. The quantitative estimate of drug-likeness (QED) is 0.705. The first kappa shape index (κ1) is 18.1. The Morgan fingerprint density at radius 3 is 2.46 bits per heavy atom. The average molecular weight is 355 g/mol. The van der Waals surface area contributed by atoms with Crippen molar-refractivity contribution in [1.82, 2.24) is 4.90 Å². The fourth-order valence-electron chi connectivity index (χ4n) is 3.80. The zero-order chi connectivity index (χ0) is 18.8. The molecule has 1 fully saturated rings. The van der Waals surface area contributed by atoms with Gasteiger partial charge in [-0.15, -0.1) is 0 Å². The van der Waals surface area contributed by atoms with Gasteiger partial charge in [0.25, 0.3) is 0 Å². The fraction of sp³-hybridized carbons (Fsp3) is 0.381. The van der Waals surface area contributed by atoms with E-state index in [9.17, 15) is 20.1 Å². The molecule has 3 rings (SSSR count). The van der Waals surface area contributed by atoms with Crippen molar-refractivity contribution >= 4 is 6.09 Å². The van der Waals surface area contributed by atoms with E-state index in [-0.39, 0.29) is 17.4 Å². The van der Waals surface area contributed by atoms with Crippen LogP contribution in [0.2, 0.25) is 0 Å². The highest BCUT2D eigenvalue weighted by Crippen LogP contribution is 2.45. The van der Waals surface area contributed by atoms with Crippen LogP contribution in [0.25, 0.3) is 0 Å². The van der Waals surface area contributed by atoms with Crippen molar-refractivity contribution < 1.29 is 20.1 Å². The topological polar surface area (TPSA) is 81.0 Å². The molecule has 0 aliphatic carbocycles. The minimum Gasteiger partial charge on any atom is -0.504 e. The van der Waals surface area contributed by atoms with Crippen molar-refractivity contribution in [1.29, 1.82) is 0 Å². The average Bonchev–Trinajstić information content (AvgIpc) is 3.03. The molecule has 3 N–H and O–H groups in total. The van der Waals surface area contributed by atoms with Gasteiger partial charge in [0.1, 0.15) is 0 Å². The molecule has 2 atom stereocenters. The predicted molar refractivity (Wildman–Crippen MR) is 99.6 cm³/mol. The van der Waals surface area contributed by atoms with Gasteiger partial charge in [0.15, 0.2) is 11.5 Å². The Morgan fingerprint density at radius 2 is 1.85 bits per heavy atom. The van der Waals surface area contributed by atoms with E-state index in [0.29, 0.717) is 24.4 Å². The number of amides is 1. The van der Waals surface area contributed by atoms with Crippen LogP contribution in [0.4, 0.5) is 4.79 Å². The summed E-state index contributed by atoms with van der Waals surface area (Å²) in [7, 11) is 0. The van der Waals surface area contributed by atoms with Crippen LogP contribution in [0.15, 0.2) is 42.5 Å². The molecular formula is C21H25NO4. The summed E-state index contributed by atoms with van der Waals surface area (Å²) in [4.78, 5) is 13.1. The minimum atomic E-state index is -1.02. The van der Waals surface area contributed by atoms with Gasteiger partial charge in [-0.05, 0) is 36.0 Å². The third-order valence-electron chi connectivity index (χ3n) is 5.05. The zero-order valence-electron chi connectivity index (χ0n) is 15.1. The van der Waals surface area contributed by atoms with Crippen molar-refractivity contribution in [3.05, 3.63) is 59.2 Å². The number of likely N-dealkylation sites (tertiary alicyclic amines) is 1. The van der Waals surface area contributed by atoms with E-state index < -0.39 is 12.1 Å². The van der Waals surface area contributed by atoms with Crippen LogP contribution in [-0.2, 0) is 6.42 Å². The van der Waals surface area contributed by atoms with E-state index in [1.807, 2.05) is 0 Å². The van der Waals surface area contributed by atoms with Crippen molar-refractivity contribution in [3.63, 3.8) is 0 Å². The van der Waals surface area contributed by atoms with E-state index in [1.165, 1.54) is 16.5 Å². The number of rotatable bonds is 4. The van der Waals surface area contributed by atoms with E-state index >= 15 is 0 Å². The Bertz CT molecular complexity index is 785. The van der Waals surface area contributed by atoms with Gasteiger partial charge in [0.05, 0.1) is 6.04 Å². The lowest BCUT2D eigenvalue weighted by atomic mass is 9.92. The molecule has 2 aromatic rings. The molecule has 1 aliphatic rings. The summed E-state index contributed by atoms with van der Waals surface area (Å²) in [5, 5.41) is 29.5. The van der Waals surface area contributed by atoms with Crippen molar-refractivity contribution in [2.45, 2.75) is 38.6 Å². The Hall–Kier alpha value is -2.69. The molecular weight excluding hydrogens is 330 g/mol. The summed E-state index contributed by atoms with van der Waals surface area (Å²) < 4.78 is 0. The Labute approximate surface area is 153 Å². The highest BCUT2D eigenvalue weighted by atomic mass is 16.4. The molecule has 1 heterocycles. The van der Waals surface area contributed by atoms with Crippen LogP contribution in [0.1, 0.15) is 48.9 Å². The first-order chi connectivity index (χ1) is 12.4. The SMILES string of the molecule is CC(C)Cc1ccc(C2CC(c3cccc(O)c3O)N(C(=O)O)C2)cc1. The lowest BCUT2D eigenvalue weighted by Crippen LogP contribution is -2.29. The first-order valence-electron chi connectivity index (χ1n) is 8.96. The second kappa shape index (κ2) is 7.28. The number of carboxylic acid groups (broad SMARTS) is 1. The number of benzene rings is 2. The second-order valence-corrected chi connectivity index (χ2v) is 7.44. The third kappa shape index (κ3) is 3.62. The molecule has 0 radical (unpaired) electrons. The zero-order valence-corrected chi connectivity index (χ0v) is 15.1. The number of phenolic OH excluding ortho intramolecular Hbond substituents is 2. The van der Waals surface area contributed by atoms with Gasteiger partial charge in [-0.25, -0.2) is 4.79 Å². The molecule has 1 aliphatic heterocycles. The van der Waals surface area contributed by atoms with Gasteiger partial charge in [-0.3, -0.25) is 0 Å². The van der Waals surface area contributed by atoms with Crippen molar-refractivity contribution in [2.75, 3.05) is 6.54 Å². The van der Waals surface area contributed by atoms with E-state index in [0.717, 1.165) is 12.0 Å². The van der Waals surface area contributed by atoms with E-state index in [4.69, 9.17) is 0 Å². The molecule has 0 spiro atoms. The van der Waals surface area contributed by atoms with E-state index in [2.05, 4.69) is 38.1 Å². The minimum absolute atomic E-state index is 0.0611. The molecule has 0 bridgehead atoms. The van der Waals surface area contributed by atoms with Gasteiger partial charge < -0.3 is 20.2 Å². The van der Waals surface area contributed by atoms with Gasteiger partial charge in [0, 0.05) is 18.0 Å². The summed E-state index contributed by atoms with van der Waals surface area (Å²) in [6.45, 7) is 4.74. The van der Waals surface area contributed by atoms with Gasteiger partial charge >= 0.3 is 6.09 Å². The Kier molecular flexibility index (Phi) is 5.07. The fourth-order valence-corrected chi connectivity index (χ4v) is 3.80. The van der Waals surface area contributed by atoms with Crippen LogP contribution < -0.4 is 0 Å². The standard InChI is InChI=1S/C21H25NO4/c1-13(2)10-14-6-8-15(9-7-14)16-11-18(22(12-16)21(25)26)17-4-3-5-19(23)20(17)24/h3-9,13,16,18,23-24H,10-12H2,1-2H3,(H,25,26). The van der Waals surface area contributed by atoms with Gasteiger partial charge in [0.2, 0.25) is 0 Å². The maximum atomic E-state index is 11.7. The van der Waals surface area contributed by atoms with Gasteiger partial charge in [-0.1, -0.05) is 50.2 Å². The molecule has 5 nitrogen and oxygen atoms in total. The Balaban J connectivity index is 1.85. The third-order valence-corrected chi connectivity index (χ3v) is 5.05. The number of hydrogen-bond acceptors (Lipinski definition) is 3. The highest BCUT2D eigenvalue weighted by molar-refractivity contribution is 5.67. The first-order valence-corrected chi connectivity index (χ1v) is 8.96. The van der Waals surface area contributed by atoms with Crippen molar-refractivity contribution in [2.24, 2.45) is 5.92 Å². The summed E-state index contributed by atoms with van der Waals surface area (Å²) in [6.07, 6.45) is 0.579. The van der Waals surface area contributed by atoms with Gasteiger partial charge in [-0.2, -0.15) is 0 Å². The monoisotopic (exact) mass is 355 g/mol. The van der Waals surface area contributed by atoms with Crippen LogP contribution in [0.3, 0.4) is 0 Å². The Morgan fingerprint density at radius 1 is 1.15 bits per heavy atom. The number of phenols is 2. The molecule has 0 saturated carbocycles. The predicted octanol–water partition coefficient (Wildman–Crippen LogP) is 4.50. The van der Waals surface area contributed by atoms with Crippen LogP contribution in [0.5, 0.6) is 11.5 Å². The number of carbonyl (C=O) groups is 1. The highest BCUT2D eigenvalue weighted by Gasteiger charge is 2.38. The molecule has 1 amide bonds. The number of aromatic hydroxyl groups is 2. The van der Waals surface area contributed by atoms with Crippen LogP contribution >= 0.6 is 0 Å². The summed E-state index contributed by atoms with van der Waals surface area (Å²) in [5.74, 6) is 0.185. The molecule has 2 unspecified atom stereocenters. The maximum absolute atomic E-state index is 11.7. The smallest absolute Gasteiger partial charge is 0.407 e. The lowest BCUT2D eigenvalue weighted by Gasteiger charge is -2.22. The van der Waals surface area contributed by atoms with Crippen LogP contribution in [0, 0.1) is 5.92 Å². The molecule has 0 aromatic heterocycles. The normalized spacial score (nSPS) is 19.9. The molecule has 26 heavy (non-hydrogen) atoms. The number of nitrogens with zero attached hydrogens (tertiary/aromatic N) is 1. The van der Waals surface area contributed by atoms with E-state index in [1.54, 1.807) is 12.1 Å². The van der Waals surface area contributed by atoms with Crippen LogP contribution in [-0.4, -0.2) is 32.9 Å². The number of hydrogen-bond donors (Lipinski definition) is 3. The molecule has 5 heteroatoms.